The number of nitrogen functional groups attached to an aromatic ring is 1. The fourth-order valence-electron chi connectivity index (χ4n) is 1.76. The summed E-state index contributed by atoms with van der Waals surface area (Å²) >= 11 is 0. The molecule has 1 aromatic carbocycles. The molecule has 0 radical (unpaired) electrons. The molecule has 1 aromatic heterocycles. The van der Waals surface area contributed by atoms with Crippen molar-refractivity contribution >= 4 is 17.3 Å². The van der Waals surface area contributed by atoms with E-state index in [0.717, 1.165) is 0 Å². The number of ether oxygens (including phenoxy) is 2. The average Bonchev–Trinajstić information content (AvgIpc) is 2.72. The Morgan fingerprint density at radius 3 is 2.67 bits per heavy atom. The number of nitrogens with zero attached hydrogens (tertiary/aromatic N) is 1. The molecule has 1 aliphatic rings. The second-order valence-corrected chi connectivity index (χ2v) is 4.26. The molecule has 3 N–H and O–H groups in total. The van der Waals surface area contributed by atoms with Gasteiger partial charge in [0.15, 0.2) is 11.5 Å². The number of carbonyl (C=O) groups excluding carboxylic acids is 1. The van der Waals surface area contributed by atoms with Crippen LogP contribution in [0.4, 0.5) is 20.2 Å². The van der Waals surface area contributed by atoms with Gasteiger partial charge in [-0.05, 0) is 24.3 Å². The molecule has 108 valence electrons. The summed E-state index contributed by atoms with van der Waals surface area (Å²) in [4.78, 5) is 15.8. The lowest BCUT2D eigenvalue weighted by Gasteiger charge is -2.05. The Hall–Kier alpha value is -2.90. The fourth-order valence-corrected chi connectivity index (χ4v) is 1.76. The van der Waals surface area contributed by atoms with E-state index < -0.39 is 12.2 Å². The second kappa shape index (κ2) is 4.58. The number of hydrogen-bond donors (Lipinski definition) is 2. The molecule has 0 bridgehead atoms. The van der Waals surface area contributed by atoms with Gasteiger partial charge in [0.25, 0.3) is 5.91 Å². The number of amides is 1. The van der Waals surface area contributed by atoms with Crippen LogP contribution in [-0.4, -0.2) is 17.2 Å². The highest BCUT2D eigenvalue weighted by molar-refractivity contribution is 6.03. The predicted octanol–water partition coefficient (Wildman–Crippen LogP) is 2.24. The summed E-state index contributed by atoms with van der Waals surface area (Å²) in [5.41, 5.74) is 6.32. The Balaban J connectivity index is 1.77. The topological polar surface area (TPSA) is 86.5 Å². The highest BCUT2D eigenvalue weighted by Crippen LogP contribution is 2.42. The number of nitrogens with two attached hydrogens (primary N) is 1. The van der Waals surface area contributed by atoms with E-state index >= 15 is 0 Å². The Morgan fingerprint density at radius 2 is 1.95 bits per heavy atom. The summed E-state index contributed by atoms with van der Waals surface area (Å²) in [5, 5.41) is 2.51. The van der Waals surface area contributed by atoms with Crippen LogP contribution >= 0.6 is 0 Å². The lowest BCUT2D eigenvalue weighted by molar-refractivity contribution is -0.286. The van der Waals surface area contributed by atoms with Crippen molar-refractivity contribution in [2.75, 3.05) is 11.1 Å². The van der Waals surface area contributed by atoms with Gasteiger partial charge >= 0.3 is 6.29 Å². The van der Waals surface area contributed by atoms with Crippen molar-refractivity contribution in [3.63, 3.8) is 0 Å². The molecular formula is C13H9F2N3O3. The van der Waals surface area contributed by atoms with Crippen molar-refractivity contribution in [2.45, 2.75) is 6.29 Å². The standard InChI is InChI=1S/C13H9F2N3O3/c14-13(15)20-10-4-2-8(5-11(10)21-13)18-12(19)9-3-1-7(16)6-17-9/h1-6H,16H2,(H,18,19). The number of rotatable bonds is 2. The molecule has 3 rings (SSSR count). The number of fused-ring (bicyclic) bond motifs is 1. The molecule has 0 aliphatic carbocycles. The maximum Gasteiger partial charge on any atom is 0.586 e. The monoisotopic (exact) mass is 293 g/mol. The molecule has 0 spiro atoms. The Kier molecular flexibility index (Phi) is 2.86. The maximum atomic E-state index is 12.9. The molecule has 0 saturated carbocycles. The third-order valence-electron chi connectivity index (χ3n) is 2.68. The maximum absolute atomic E-state index is 12.9. The smallest absolute Gasteiger partial charge is 0.397 e. The quantitative estimate of drug-likeness (QED) is 0.886. The number of halogens is 2. The average molecular weight is 293 g/mol. The predicted molar refractivity (Wildman–Crippen MR) is 69.2 cm³/mol. The SMILES string of the molecule is Nc1ccc(C(=O)Nc2ccc3c(c2)OC(F)(F)O3)nc1. The number of hydrogen-bond acceptors (Lipinski definition) is 5. The van der Waals surface area contributed by atoms with Crippen molar-refractivity contribution in [2.24, 2.45) is 0 Å². The third-order valence-corrected chi connectivity index (χ3v) is 2.68. The minimum absolute atomic E-state index is 0.0939. The Morgan fingerprint density at radius 1 is 1.19 bits per heavy atom. The van der Waals surface area contributed by atoms with Crippen LogP contribution in [0.25, 0.3) is 0 Å². The highest BCUT2D eigenvalue weighted by atomic mass is 19.3. The largest absolute Gasteiger partial charge is 0.586 e. The summed E-state index contributed by atoms with van der Waals surface area (Å²) in [6, 6.07) is 6.92. The van der Waals surface area contributed by atoms with Crippen molar-refractivity contribution < 1.29 is 23.0 Å². The normalized spacial score (nSPS) is 14.8. The number of alkyl halides is 2. The van der Waals surface area contributed by atoms with E-state index in [1.54, 1.807) is 0 Å². The Bertz CT molecular complexity index is 704. The minimum Gasteiger partial charge on any atom is -0.397 e. The second-order valence-electron chi connectivity index (χ2n) is 4.26. The number of aromatic nitrogens is 1. The molecule has 0 fully saturated rings. The van der Waals surface area contributed by atoms with Crippen LogP contribution in [0.1, 0.15) is 10.5 Å². The van der Waals surface area contributed by atoms with Gasteiger partial charge in [0.1, 0.15) is 5.69 Å². The fraction of sp³-hybridized carbons (Fsp3) is 0.0769. The van der Waals surface area contributed by atoms with Crippen LogP contribution in [0.5, 0.6) is 11.5 Å². The third kappa shape index (κ3) is 2.69. The molecule has 1 aliphatic heterocycles. The molecule has 0 atom stereocenters. The molecule has 8 heteroatoms. The highest BCUT2D eigenvalue weighted by Gasteiger charge is 2.43. The van der Waals surface area contributed by atoms with Crippen LogP contribution in [-0.2, 0) is 0 Å². The number of nitrogens with one attached hydrogen (secondary N) is 1. The van der Waals surface area contributed by atoms with Gasteiger partial charge in [0, 0.05) is 11.8 Å². The zero-order chi connectivity index (χ0) is 15.0. The van der Waals surface area contributed by atoms with Crippen molar-refractivity contribution in [1.82, 2.24) is 4.98 Å². The van der Waals surface area contributed by atoms with Gasteiger partial charge < -0.3 is 20.5 Å². The first-order valence-corrected chi connectivity index (χ1v) is 5.86. The van der Waals surface area contributed by atoms with Crippen molar-refractivity contribution in [3.05, 3.63) is 42.2 Å². The zero-order valence-electron chi connectivity index (χ0n) is 10.5. The summed E-state index contributed by atoms with van der Waals surface area (Å²) in [6.07, 6.45) is -2.35. The first-order chi connectivity index (χ1) is 9.93. The van der Waals surface area contributed by atoms with Crippen LogP contribution in [0.2, 0.25) is 0 Å². The van der Waals surface area contributed by atoms with E-state index in [-0.39, 0.29) is 22.9 Å². The first kappa shape index (κ1) is 13.1. The van der Waals surface area contributed by atoms with E-state index in [9.17, 15) is 13.6 Å². The lowest BCUT2D eigenvalue weighted by Crippen LogP contribution is -2.25. The molecule has 0 saturated heterocycles. The minimum atomic E-state index is -3.69. The summed E-state index contributed by atoms with van der Waals surface area (Å²) in [6.45, 7) is 0. The van der Waals surface area contributed by atoms with Gasteiger partial charge in [-0.3, -0.25) is 4.79 Å². The Labute approximate surface area is 117 Å². The van der Waals surface area contributed by atoms with Gasteiger partial charge in [-0.15, -0.1) is 8.78 Å². The molecule has 2 heterocycles. The number of anilines is 2. The van der Waals surface area contributed by atoms with Crippen molar-refractivity contribution in [3.8, 4) is 11.5 Å². The zero-order valence-corrected chi connectivity index (χ0v) is 10.5. The van der Waals surface area contributed by atoms with Crippen LogP contribution in [0, 0.1) is 0 Å². The molecule has 1 amide bonds. The number of pyridine rings is 1. The first-order valence-electron chi connectivity index (χ1n) is 5.86. The molecule has 2 aromatic rings. The van der Waals surface area contributed by atoms with E-state index in [2.05, 4.69) is 19.8 Å². The van der Waals surface area contributed by atoms with Gasteiger partial charge in [-0.25, -0.2) is 4.98 Å². The van der Waals surface area contributed by atoms with E-state index in [1.807, 2.05) is 0 Å². The molecular weight excluding hydrogens is 284 g/mol. The summed E-state index contributed by atoms with van der Waals surface area (Å²) in [5.74, 6) is -0.743. The van der Waals surface area contributed by atoms with Gasteiger partial charge in [-0.2, -0.15) is 0 Å². The van der Waals surface area contributed by atoms with E-state index in [4.69, 9.17) is 5.73 Å². The molecule has 21 heavy (non-hydrogen) atoms. The summed E-state index contributed by atoms with van der Waals surface area (Å²) in [7, 11) is 0. The van der Waals surface area contributed by atoms with Crippen molar-refractivity contribution in [1.29, 1.82) is 0 Å². The van der Waals surface area contributed by atoms with Gasteiger partial charge in [0.2, 0.25) is 0 Å². The summed E-state index contributed by atoms with van der Waals surface area (Å²) < 4.78 is 34.3. The van der Waals surface area contributed by atoms with E-state index in [0.29, 0.717) is 5.69 Å². The van der Waals surface area contributed by atoms with E-state index in [1.165, 1.54) is 36.5 Å². The van der Waals surface area contributed by atoms with Crippen LogP contribution in [0.15, 0.2) is 36.5 Å². The molecule has 6 nitrogen and oxygen atoms in total. The van der Waals surface area contributed by atoms with Crippen LogP contribution in [0.3, 0.4) is 0 Å². The van der Waals surface area contributed by atoms with Gasteiger partial charge in [-0.1, -0.05) is 0 Å². The number of carbonyl (C=O) groups is 1. The lowest BCUT2D eigenvalue weighted by atomic mass is 10.2. The van der Waals surface area contributed by atoms with Gasteiger partial charge in [0.05, 0.1) is 11.9 Å². The molecule has 0 unspecified atom stereocenters. The number of benzene rings is 1. The van der Waals surface area contributed by atoms with Crippen LogP contribution < -0.4 is 20.5 Å².